The molecule has 0 heterocycles. The summed E-state index contributed by atoms with van der Waals surface area (Å²) in [4.78, 5) is 10.1. The average molecular weight is 165 g/mol. The van der Waals surface area contributed by atoms with E-state index in [0.29, 0.717) is 19.8 Å². The summed E-state index contributed by atoms with van der Waals surface area (Å²) < 4.78 is 9.60. The first-order valence-electron chi connectivity index (χ1n) is 3.32. The number of carbonyl (C=O) groups is 1. The molecule has 0 saturated carbocycles. The van der Waals surface area contributed by atoms with Gasteiger partial charge in [0.1, 0.15) is 6.61 Å². The Balaban J connectivity index is 0. The maximum Gasteiger partial charge on any atom is 0.243 e. The second-order valence-corrected chi connectivity index (χ2v) is 1.85. The van der Waals surface area contributed by atoms with Crippen LogP contribution in [-0.2, 0) is 14.3 Å². The number of hydrogen-bond donors (Lipinski definition) is 2. The average Bonchev–Trinajstić information content (AvgIpc) is 1.96. The highest BCUT2D eigenvalue weighted by molar-refractivity contribution is 5.74. The van der Waals surface area contributed by atoms with Gasteiger partial charge in [-0.05, 0) is 0 Å². The molecule has 11 heavy (non-hydrogen) atoms. The van der Waals surface area contributed by atoms with Crippen LogP contribution in [-0.4, -0.2) is 44.0 Å². The van der Waals surface area contributed by atoms with Gasteiger partial charge in [0.15, 0.2) is 0 Å². The molecule has 1 amide bonds. The summed E-state index contributed by atoms with van der Waals surface area (Å²) in [6, 6.07) is 0. The Kier molecular flexibility index (Phi) is 7.02. The van der Waals surface area contributed by atoms with Crippen LogP contribution >= 0.6 is 0 Å². The smallest absolute Gasteiger partial charge is 0.243 e. The number of hydrogen-bond acceptors (Lipinski definition) is 4. The van der Waals surface area contributed by atoms with Crippen LogP contribution in [0.5, 0.6) is 0 Å². The lowest BCUT2D eigenvalue weighted by molar-refractivity contribution is -0.123. The van der Waals surface area contributed by atoms with Crippen molar-refractivity contribution in [2.75, 3.05) is 33.0 Å². The van der Waals surface area contributed by atoms with Gasteiger partial charge in [0, 0.05) is 1.43 Å². The van der Waals surface area contributed by atoms with Gasteiger partial charge in [-0.1, -0.05) is 0 Å². The lowest BCUT2D eigenvalue weighted by Gasteiger charge is -2.01. The Hall–Kier alpha value is -0.650. The van der Waals surface area contributed by atoms with Crippen molar-refractivity contribution in [1.29, 1.82) is 0 Å². The van der Waals surface area contributed by atoms with Crippen LogP contribution < -0.4 is 5.73 Å². The van der Waals surface area contributed by atoms with Gasteiger partial charge >= 0.3 is 0 Å². The Bertz CT molecular complexity index is 112. The topological polar surface area (TPSA) is 81.8 Å². The van der Waals surface area contributed by atoms with E-state index in [4.69, 9.17) is 20.3 Å². The van der Waals surface area contributed by atoms with Gasteiger partial charge in [-0.3, -0.25) is 4.79 Å². The fourth-order valence-corrected chi connectivity index (χ4v) is 0.457. The van der Waals surface area contributed by atoms with E-state index in [0.717, 1.165) is 0 Å². The van der Waals surface area contributed by atoms with Crippen LogP contribution in [0.1, 0.15) is 1.43 Å². The van der Waals surface area contributed by atoms with E-state index in [-0.39, 0.29) is 14.6 Å². The molecule has 0 rings (SSSR count). The third-order valence-corrected chi connectivity index (χ3v) is 0.852. The minimum Gasteiger partial charge on any atom is -0.394 e. The van der Waals surface area contributed by atoms with E-state index < -0.39 is 5.91 Å². The predicted octanol–water partition coefficient (Wildman–Crippen LogP) is -1.26. The summed E-state index contributed by atoms with van der Waals surface area (Å²) in [6.07, 6.45) is 0. The number of primary amides is 1. The van der Waals surface area contributed by atoms with Gasteiger partial charge < -0.3 is 20.3 Å². The van der Waals surface area contributed by atoms with Crippen LogP contribution in [0.4, 0.5) is 0 Å². The zero-order valence-electron chi connectivity index (χ0n) is 6.28. The number of rotatable bonds is 7. The molecule has 0 radical (unpaired) electrons. The minimum absolute atomic E-state index is 0. The van der Waals surface area contributed by atoms with Crippen LogP contribution in [0.2, 0.25) is 0 Å². The van der Waals surface area contributed by atoms with Crippen molar-refractivity contribution < 1.29 is 20.8 Å². The Morgan fingerprint density at radius 1 is 1.36 bits per heavy atom. The second kappa shape index (κ2) is 7.46. The maximum atomic E-state index is 10.1. The van der Waals surface area contributed by atoms with Crippen molar-refractivity contribution in [2.45, 2.75) is 0 Å². The van der Waals surface area contributed by atoms with E-state index in [9.17, 15) is 4.79 Å². The molecule has 0 aromatic heterocycles. The predicted molar refractivity (Wildman–Crippen MR) is 40.0 cm³/mol. The Morgan fingerprint density at radius 3 is 2.55 bits per heavy atom. The molecule has 5 heteroatoms. The minimum atomic E-state index is -0.493. The maximum absolute atomic E-state index is 10.1. The van der Waals surface area contributed by atoms with Crippen molar-refractivity contribution in [1.82, 2.24) is 0 Å². The summed E-state index contributed by atoms with van der Waals surface area (Å²) in [5.41, 5.74) is 4.79. The molecule has 68 valence electrons. The van der Waals surface area contributed by atoms with E-state index in [1.165, 1.54) is 0 Å². The van der Waals surface area contributed by atoms with Gasteiger partial charge in [0.05, 0.1) is 26.4 Å². The van der Waals surface area contributed by atoms with Gasteiger partial charge in [-0.15, -0.1) is 0 Å². The molecule has 0 aliphatic heterocycles. The lowest BCUT2D eigenvalue weighted by atomic mass is 10.6. The molecule has 0 aliphatic carbocycles. The molecule has 0 saturated heterocycles. The molecule has 0 fully saturated rings. The van der Waals surface area contributed by atoms with Crippen molar-refractivity contribution in [3.8, 4) is 0 Å². The molecule has 0 unspecified atom stereocenters. The molecule has 5 nitrogen and oxygen atoms in total. The fraction of sp³-hybridized carbons (Fsp3) is 0.833. The quantitative estimate of drug-likeness (QED) is 0.461. The molecule has 3 N–H and O–H groups in total. The van der Waals surface area contributed by atoms with E-state index in [1.807, 2.05) is 0 Å². The van der Waals surface area contributed by atoms with Crippen LogP contribution in [0, 0.1) is 0 Å². The number of carbonyl (C=O) groups excluding carboxylic acids is 1. The van der Waals surface area contributed by atoms with Crippen molar-refractivity contribution in [3.63, 3.8) is 0 Å². The first-order chi connectivity index (χ1) is 5.27. The second-order valence-electron chi connectivity index (χ2n) is 1.85. The van der Waals surface area contributed by atoms with Gasteiger partial charge in [0.25, 0.3) is 0 Å². The summed E-state index contributed by atoms with van der Waals surface area (Å²) in [6.45, 7) is 0.898. The van der Waals surface area contributed by atoms with Gasteiger partial charge in [0.2, 0.25) is 5.91 Å². The summed E-state index contributed by atoms with van der Waals surface area (Å²) in [5.74, 6) is -0.493. The van der Waals surface area contributed by atoms with Crippen molar-refractivity contribution in [2.24, 2.45) is 5.73 Å². The summed E-state index contributed by atoms with van der Waals surface area (Å²) in [5, 5.41) is 8.27. The SMILES string of the molecule is NC(=O)COCCOCCO.[HH]. The Labute approximate surface area is 66.6 Å². The van der Waals surface area contributed by atoms with E-state index >= 15 is 0 Å². The highest BCUT2D eigenvalue weighted by Crippen LogP contribution is 1.76. The van der Waals surface area contributed by atoms with Gasteiger partial charge in [-0.2, -0.15) is 0 Å². The van der Waals surface area contributed by atoms with E-state index in [2.05, 4.69) is 0 Å². The lowest BCUT2D eigenvalue weighted by Crippen LogP contribution is -2.19. The number of ether oxygens (including phenoxy) is 2. The molecule has 0 aliphatic rings. The number of nitrogens with two attached hydrogens (primary N) is 1. The zero-order valence-corrected chi connectivity index (χ0v) is 6.28. The Morgan fingerprint density at radius 2 is 2.00 bits per heavy atom. The molecule has 0 aromatic rings. The zero-order chi connectivity index (χ0) is 8.53. The number of aliphatic hydroxyl groups excluding tert-OH is 1. The molecular formula is C6H15NO4. The fourth-order valence-electron chi connectivity index (χ4n) is 0.457. The highest BCUT2D eigenvalue weighted by atomic mass is 16.5. The van der Waals surface area contributed by atoms with Crippen LogP contribution in [0.15, 0.2) is 0 Å². The monoisotopic (exact) mass is 165 g/mol. The van der Waals surface area contributed by atoms with Crippen molar-refractivity contribution in [3.05, 3.63) is 0 Å². The van der Waals surface area contributed by atoms with Gasteiger partial charge in [-0.25, -0.2) is 0 Å². The first-order valence-corrected chi connectivity index (χ1v) is 3.32. The van der Waals surface area contributed by atoms with Crippen molar-refractivity contribution >= 4 is 5.91 Å². The summed E-state index contributed by atoms with van der Waals surface area (Å²) in [7, 11) is 0. The van der Waals surface area contributed by atoms with Crippen LogP contribution in [0.3, 0.4) is 0 Å². The summed E-state index contributed by atoms with van der Waals surface area (Å²) >= 11 is 0. The normalized spacial score (nSPS) is 9.91. The number of aliphatic hydroxyl groups is 1. The first kappa shape index (κ1) is 10.3. The third-order valence-electron chi connectivity index (χ3n) is 0.852. The molecule has 0 bridgehead atoms. The number of amides is 1. The van der Waals surface area contributed by atoms with Crippen LogP contribution in [0.25, 0.3) is 0 Å². The standard InChI is InChI=1S/C6H13NO4.H2/c7-6(9)5-11-4-3-10-2-1-8;/h8H,1-5H2,(H2,7,9);1H. The molecular weight excluding hydrogens is 150 g/mol. The highest BCUT2D eigenvalue weighted by Gasteiger charge is 1.92. The molecule has 0 spiro atoms. The largest absolute Gasteiger partial charge is 0.394 e. The molecule has 0 atom stereocenters. The molecule has 0 aromatic carbocycles. The van der Waals surface area contributed by atoms with E-state index in [1.54, 1.807) is 0 Å². The third kappa shape index (κ3) is 9.35.